The van der Waals surface area contributed by atoms with Gasteiger partial charge < -0.3 is 4.84 Å². The third-order valence-corrected chi connectivity index (χ3v) is 4.36. The van der Waals surface area contributed by atoms with Crippen LogP contribution in [0.2, 0.25) is 0 Å². The van der Waals surface area contributed by atoms with E-state index in [2.05, 4.69) is 5.16 Å². The molecule has 1 aliphatic rings. The fourth-order valence-corrected chi connectivity index (χ4v) is 3.02. The molecule has 3 heteroatoms. The van der Waals surface area contributed by atoms with E-state index in [-0.39, 0.29) is 11.9 Å². The molecule has 0 spiro atoms. The quantitative estimate of drug-likeness (QED) is 0.474. The van der Waals surface area contributed by atoms with Gasteiger partial charge in [0.1, 0.15) is 5.71 Å². The van der Waals surface area contributed by atoms with Gasteiger partial charge in [-0.2, -0.15) is 0 Å². The van der Waals surface area contributed by atoms with Crippen molar-refractivity contribution < 1.29 is 9.63 Å². The van der Waals surface area contributed by atoms with Gasteiger partial charge in [-0.05, 0) is 25.3 Å². The van der Waals surface area contributed by atoms with Crippen LogP contribution in [0.3, 0.4) is 0 Å². The molecule has 118 valence electrons. The highest BCUT2D eigenvalue weighted by atomic mass is 16.7. The number of nitrogens with zero attached hydrogens (tertiary/aromatic N) is 1. The number of rotatable bonds is 4. The maximum absolute atomic E-state index is 12.2. The summed E-state index contributed by atoms with van der Waals surface area (Å²) in [5.74, 6) is -0.197. The lowest BCUT2D eigenvalue weighted by Crippen LogP contribution is -2.14. The Bertz CT molecular complexity index is 701. The van der Waals surface area contributed by atoms with Crippen LogP contribution < -0.4 is 0 Å². The molecule has 1 aliphatic carbocycles. The Kier molecular flexibility index (Phi) is 4.86. The molecule has 0 radical (unpaired) electrons. The highest BCUT2D eigenvalue weighted by Crippen LogP contribution is 2.26. The molecule has 23 heavy (non-hydrogen) atoms. The molecular weight excluding hydrogens is 286 g/mol. The monoisotopic (exact) mass is 307 g/mol. The number of benzene rings is 2. The largest absolute Gasteiger partial charge is 0.338 e. The molecule has 3 nitrogen and oxygen atoms in total. The lowest BCUT2D eigenvalue weighted by Gasteiger charge is -2.10. The zero-order valence-electron chi connectivity index (χ0n) is 13.4. The number of oxime groups is 1. The maximum atomic E-state index is 12.2. The van der Waals surface area contributed by atoms with Crippen molar-refractivity contribution in [1.29, 1.82) is 0 Å². The average Bonchev–Trinajstić information content (AvgIpc) is 3.12. The first-order valence-corrected chi connectivity index (χ1v) is 8.16. The normalized spacial score (nSPS) is 15.6. The van der Waals surface area contributed by atoms with Crippen molar-refractivity contribution in [3.8, 4) is 0 Å². The first-order valence-electron chi connectivity index (χ1n) is 8.16. The number of carbonyl (C=O) groups is 1. The van der Waals surface area contributed by atoms with Crippen LogP contribution in [0.25, 0.3) is 0 Å². The highest BCUT2D eigenvalue weighted by Gasteiger charge is 2.24. The number of hydrogen-bond donors (Lipinski definition) is 0. The van der Waals surface area contributed by atoms with Crippen LogP contribution in [-0.4, -0.2) is 11.7 Å². The second-order valence-electron chi connectivity index (χ2n) is 6.01. The SMILES string of the molecule is Cc1ccccc1C(=NOC(=O)C1CCCC1)c1ccccc1. The van der Waals surface area contributed by atoms with E-state index < -0.39 is 0 Å². The highest BCUT2D eigenvalue weighted by molar-refractivity contribution is 6.13. The molecular formula is C20H21NO2. The average molecular weight is 307 g/mol. The minimum absolute atomic E-state index is 0.00708. The molecule has 0 aromatic heterocycles. The Morgan fingerprint density at radius 3 is 2.35 bits per heavy atom. The van der Waals surface area contributed by atoms with Gasteiger partial charge in [0, 0.05) is 11.1 Å². The Morgan fingerprint density at radius 1 is 1.00 bits per heavy atom. The van der Waals surface area contributed by atoms with Gasteiger partial charge in [0.2, 0.25) is 0 Å². The zero-order valence-corrected chi connectivity index (χ0v) is 13.4. The Hall–Kier alpha value is -2.42. The molecule has 0 saturated heterocycles. The molecule has 0 atom stereocenters. The van der Waals surface area contributed by atoms with Crippen molar-refractivity contribution in [2.45, 2.75) is 32.6 Å². The Morgan fingerprint density at radius 2 is 1.65 bits per heavy atom. The summed E-state index contributed by atoms with van der Waals surface area (Å²) in [5, 5.41) is 4.24. The third-order valence-electron chi connectivity index (χ3n) is 4.36. The number of aryl methyl sites for hydroxylation is 1. The second kappa shape index (κ2) is 7.23. The summed E-state index contributed by atoms with van der Waals surface area (Å²) in [5.41, 5.74) is 3.74. The number of hydrogen-bond acceptors (Lipinski definition) is 3. The van der Waals surface area contributed by atoms with Gasteiger partial charge >= 0.3 is 5.97 Å². The molecule has 0 amide bonds. The molecule has 3 rings (SSSR count). The van der Waals surface area contributed by atoms with Gasteiger partial charge in [0.05, 0.1) is 5.92 Å². The lowest BCUT2D eigenvalue weighted by molar-refractivity contribution is -0.148. The maximum Gasteiger partial charge on any atom is 0.338 e. The summed E-state index contributed by atoms with van der Waals surface area (Å²) in [6.45, 7) is 2.03. The van der Waals surface area contributed by atoms with E-state index in [1.54, 1.807) is 0 Å². The smallest absolute Gasteiger partial charge is 0.317 e. The van der Waals surface area contributed by atoms with Crippen LogP contribution in [0.4, 0.5) is 0 Å². The van der Waals surface area contributed by atoms with Gasteiger partial charge in [-0.15, -0.1) is 0 Å². The van der Waals surface area contributed by atoms with Crippen LogP contribution in [0.15, 0.2) is 59.8 Å². The first-order chi connectivity index (χ1) is 11.3. The standard InChI is InChI=1S/C20H21NO2/c1-15-9-5-8-14-18(15)19(16-10-3-2-4-11-16)21-23-20(22)17-12-6-7-13-17/h2-5,8-11,14,17H,6-7,12-13H2,1H3. The molecule has 2 aromatic rings. The van der Waals surface area contributed by atoms with E-state index in [0.717, 1.165) is 42.4 Å². The van der Waals surface area contributed by atoms with Crippen LogP contribution in [0, 0.1) is 12.8 Å². The zero-order chi connectivity index (χ0) is 16.1. The molecule has 0 bridgehead atoms. The van der Waals surface area contributed by atoms with Gasteiger partial charge in [-0.25, -0.2) is 4.79 Å². The first kappa shape index (κ1) is 15.5. The lowest BCUT2D eigenvalue weighted by atomic mass is 9.98. The van der Waals surface area contributed by atoms with Crippen LogP contribution in [0.1, 0.15) is 42.4 Å². The van der Waals surface area contributed by atoms with Crippen LogP contribution in [-0.2, 0) is 9.63 Å². The van der Waals surface area contributed by atoms with Crippen molar-refractivity contribution in [2.75, 3.05) is 0 Å². The van der Waals surface area contributed by atoms with Crippen molar-refractivity contribution in [3.05, 3.63) is 71.3 Å². The van der Waals surface area contributed by atoms with Crippen molar-refractivity contribution >= 4 is 11.7 Å². The van der Waals surface area contributed by atoms with Gasteiger partial charge in [-0.3, -0.25) is 0 Å². The fourth-order valence-electron chi connectivity index (χ4n) is 3.02. The number of carbonyl (C=O) groups excluding carboxylic acids is 1. The molecule has 2 aromatic carbocycles. The molecule has 0 heterocycles. The second-order valence-corrected chi connectivity index (χ2v) is 6.01. The molecule has 1 saturated carbocycles. The van der Waals surface area contributed by atoms with Gasteiger partial charge in [-0.1, -0.05) is 72.6 Å². The van der Waals surface area contributed by atoms with E-state index in [9.17, 15) is 4.79 Å². The van der Waals surface area contributed by atoms with E-state index in [4.69, 9.17) is 4.84 Å². The van der Waals surface area contributed by atoms with E-state index in [1.807, 2.05) is 61.5 Å². The van der Waals surface area contributed by atoms with E-state index >= 15 is 0 Å². The minimum Gasteiger partial charge on any atom is -0.317 e. The Balaban J connectivity index is 1.90. The molecule has 1 fully saturated rings. The van der Waals surface area contributed by atoms with Gasteiger partial charge in [0.25, 0.3) is 0 Å². The summed E-state index contributed by atoms with van der Waals surface area (Å²) in [6.07, 6.45) is 4.04. The summed E-state index contributed by atoms with van der Waals surface area (Å²) < 4.78 is 0. The predicted molar refractivity (Wildman–Crippen MR) is 91.3 cm³/mol. The topological polar surface area (TPSA) is 38.7 Å². The summed E-state index contributed by atoms with van der Waals surface area (Å²) >= 11 is 0. The summed E-state index contributed by atoms with van der Waals surface area (Å²) in [6, 6.07) is 17.8. The van der Waals surface area contributed by atoms with E-state index in [0.29, 0.717) is 5.71 Å². The van der Waals surface area contributed by atoms with Crippen molar-refractivity contribution in [1.82, 2.24) is 0 Å². The van der Waals surface area contributed by atoms with Crippen LogP contribution >= 0.6 is 0 Å². The Labute approximate surface area is 137 Å². The van der Waals surface area contributed by atoms with Crippen molar-refractivity contribution in [2.24, 2.45) is 11.1 Å². The molecule has 0 aliphatic heterocycles. The fraction of sp³-hybridized carbons (Fsp3) is 0.300. The van der Waals surface area contributed by atoms with E-state index in [1.165, 1.54) is 0 Å². The summed E-state index contributed by atoms with van der Waals surface area (Å²) in [4.78, 5) is 17.5. The molecule has 0 N–H and O–H groups in total. The van der Waals surface area contributed by atoms with Gasteiger partial charge in [0.15, 0.2) is 0 Å². The van der Waals surface area contributed by atoms with Crippen LogP contribution in [0.5, 0.6) is 0 Å². The third kappa shape index (κ3) is 3.67. The predicted octanol–water partition coefficient (Wildman–Crippen LogP) is 4.48. The van der Waals surface area contributed by atoms with Crippen molar-refractivity contribution in [3.63, 3.8) is 0 Å². The minimum atomic E-state index is -0.204. The molecule has 0 unspecified atom stereocenters. The summed E-state index contributed by atoms with van der Waals surface area (Å²) in [7, 11) is 0.